The van der Waals surface area contributed by atoms with Gasteiger partial charge in [0.25, 0.3) is 0 Å². The van der Waals surface area contributed by atoms with E-state index in [9.17, 15) is 4.79 Å². The molecule has 0 aliphatic rings. The number of aromatic amines is 1. The lowest BCUT2D eigenvalue weighted by molar-refractivity contribution is -0.127. The maximum Gasteiger partial charge on any atom is 0.233 e. The number of thioether (sulfide) groups is 1. The fourth-order valence-corrected chi connectivity index (χ4v) is 3.87. The van der Waals surface area contributed by atoms with Crippen LogP contribution in [0.1, 0.15) is 17.0 Å². The van der Waals surface area contributed by atoms with E-state index in [1.807, 2.05) is 34.9 Å². The molecule has 8 heteroatoms. The molecule has 1 N–H and O–H groups in total. The maximum absolute atomic E-state index is 12.6. The highest BCUT2D eigenvalue weighted by Gasteiger charge is 2.15. The highest BCUT2D eigenvalue weighted by molar-refractivity contribution is 7.99. The number of benzene rings is 2. The number of hydrogen-bond acceptors (Lipinski definition) is 5. The highest BCUT2D eigenvalue weighted by Crippen LogP contribution is 2.22. The van der Waals surface area contributed by atoms with Crippen molar-refractivity contribution in [3.05, 3.63) is 65.7 Å². The van der Waals surface area contributed by atoms with E-state index in [4.69, 9.17) is 0 Å². The van der Waals surface area contributed by atoms with E-state index >= 15 is 0 Å². The lowest BCUT2D eigenvalue weighted by Crippen LogP contribution is -2.28. The molecule has 1 amide bonds. The molecule has 0 unspecified atom stereocenters. The Kier molecular flexibility index (Phi) is 5.35. The lowest BCUT2D eigenvalue weighted by Gasteiger charge is -2.15. The van der Waals surface area contributed by atoms with Crippen LogP contribution in [0, 0.1) is 13.8 Å². The summed E-state index contributed by atoms with van der Waals surface area (Å²) in [5.41, 5.74) is 5.30. The van der Waals surface area contributed by atoms with Crippen LogP contribution >= 0.6 is 11.8 Å². The number of imidazole rings is 1. The smallest absolute Gasteiger partial charge is 0.233 e. The molecule has 0 bridgehead atoms. The summed E-state index contributed by atoms with van der Waals surface area (Å²) in [6.07, 6.45) is 1.68. The third-order valence-corrected chi connectivity index (χ3v) is 5.79. The zero-order valence-corrected chi connectivity index (χ0v) is 17.4. The van der Waals surface area contributed by atoms with E-state index in [2.05, 4.69) is 46.1 Å². The number of nitrogens with one attached hydrogen (secondary N) is 1. The molecule has 0 atom stereocenters. The van der Waals surface area contributed by atoms with Gasteiger partial charge in [0.05, 0.1) is 23.3 Å². The molecule has 4 rings (SSSR count). The Morgan fingerprint density at radius 1 is 1.17 bits per heavy atom. The fourth-order valence-electron chi connectivity index (χ4n) is 3.01. The molecule has 2 aromatic heterocycles. The van der Waals surface area contributed by atoms with Gasteiger partial charge in [-0.15, -0.1) is 10.2 Å². The second-order valence-corrected chi connectivity index (χ2v) is 7.93. The normalized spacial score (nSPS) is 11.1. The maximum atomic E-state index is 12.6. The van der Waals surface area contributed by atoms with Gasteiger partial charge in [0.1, 0.15) is 12.2 Å². The van der Waals surface area contributed by atoms with E-state index in [1.165, 1.54) is 22.9 Å². The van der Waals surface area contributed by atoms with Crippen molar-refractivity contribution < 1.29 is 4.79 Å². The van der Waals surface area contributed by atoms with E-state index in [1.54, 1.807) is 18.3 Å². The van der Waals surface area contributed by atoms with Crippen LogP contribution in [-0.4, -0.2) is 48.3 Å². The van der Waals surface area contributed by atoms with E-state index < -0.39 is 0 Å². The van der Waals surface area contributed by atoms with Crippen molar-refractivity contribution in [1.29, 1.82) is 0 Å². The molecule has 29 heavy (non-hydrogen) atoms. The van der Waals surface area contributed by atoms with Gasteiger partial charge in [-0.1, -0.05) is 30.0 Å². The van der Waals surface area contributed by atoms with Gasteiger partial charge >= 0.3 is 0 Å². The second kappa shape index (κ2) is 8.08. The summed E-state index contributed by atoms with van der Waals surface area (Å²) in [6.45, 7) is 4.59. The molecule has 0 saturated carbocycles. The fraction of sp³-hybridized carbons (Fsp3) is 0.238. The predicted molar refractivity (Wildman–Crippen MR) is 114 cm³/mol. The average molecular weight is 407 g/mol. The Morgan fingerprint density at radius 2 is 2.00 bits per heavy atom. The van der Waals surface area contributed by atoms with Crippen molar-refractivity contribution in [1.82, 2.24) is 29.6 Å². The first-order chi connectivity index (χ1) is 14.0. The zero-order chi connectivity index (χ0) is 20.4. The van der Waals surface area contributed by atoms with Crippen LogP contribution in [0.2, 0.25) is 0 Å². The number of rotatable bonds is 6. The number of aryl methyl sites for hydroxylation is 2. The number of hydrogen-bond donors (Lipinski definition) is 1. The molecule has 4 aromatic rings. The summed E-state index contributed by atoms with van der Waals surface area (Å²) in [6, 6.07) is 14.0. The third-order valence-electron chi connectivity index (χ3n) is 4.86. The minimum Gasteiger partial charge on any atom is -0.340 e. The first kappa shape index (κ1) is 19.2. The van der Waals surface area contributed by atoms with Gasteiger partial charge in [0.15, 0.2) is 5.16 Å². The van der Waals surface area contributed by atoms with Crippen molar-refractivity contribution in [3.63, 3.8) is 0 Å². The van der Waals surface area contributed by atoms with E-state index in [0.717, 1.165) is 22.5 Å². The molecular formula is C21H22N6OS. The molecule has 0 aliphatic heterocycles. The quantitative estimate of drug-likeness (QED) is 0.496. The predicted octanol–water partition coefficient (Wildman–Crippen LogP) is 3.51. The second-order valence-electron chi connectivity index (χ2n) is 6.99. The Bertz CT molecular complexity index is 1130. The van der Waals surface area contributed by atoms with Crippen LogP contribution in [0.25, 0.3) is 16.7 Å². The van der Waals surface area contributed by atoms with Gasteiger partial charge in [0.2, 0.25) is 5.91 Å². The number of para-hydroxylation sites is 2. The lowest BCUT2D eigenvalue weighted by atomic mass is 10.1. The van der Waals surface area contributed by atoms with E-state index in [-0.39, 0.29) is 11.7 Å². The number of amides is 1. The minimum atomic E-state index is 0.00472. The zero-order valence-electron chi connectivity index (χ0n) is 16.6. The molecule has 2 heterocycles. The molecule has 2 aromatic carbocycles. The molecule has 0 spiro atoms. The van der Waals surface area contributed by atoms with Gasteiger partial charge in [0, 0.05) is 12.7 Å². The number of carbonyl (C=O) groups is 1. The Labute approximate surface area is 173 Å². The number of carbonyl (C=O) groups excluding carboxylic acids is 1. The number of H-pyrrole nitrogens is 1. The molecule has 7 nitrogen and oxygen atoms in total. The Hall–Kier alpha value is -3.13. The van der Waals surface area contributed by atoms with Gasteiger partial charge < -0.3 is 9.88 Å². The molecule has 0 saturated heterocycles. The minimum absolute atomic E-state index is 0.00472. The molecule has 0 aliphatic carbocycles. The first-order valence-corrected chi connectivity index (χ1v) is 10.3. The van der Waals surface area contributed by atoms with Gasteiger partial charge in [-0.25, -0.2) is 4.98 Å². The largest absolute Gasteiger partial charge is 0.340 e. The van der Waals surface area contributed by atoms with Crippen molar-refractivity contribution in [3.8, 4) is 5.69 Å². The van der Waals surface area contributed by atoms with E-state index in [0.29, 0.717) is 11.7 Å². The van der Waals surface area contributed by atoms with Gasteiger partial charge in [-0.05, 0) is 49.2 Å². The highest BCUT2D eigenvalue weighted by atomic mass is 32.2. The van der Waals surface area contributed by atoms with Crippen LogP contribution in [0.5, 0.6) is 0 Å². The Morgan fingerprint density at radius 3 is 2.79 bits per heavy atom. The topological polar surface area (TPSA) is 79.7 Å². The molecular weight excluding hydrogens is 384 g/mol. The van der Waals surface area contributed by atoms with Crippen molar-refractivity contribution in [2.45, 2.75) is 25.5 Å². The standard InChI is InChI=1S/C21H22N6OS/c1-14-8-9-16(10-15(14)2)27-13-22-25-21(27)29-12-20(28)26(3)11-19-23-17-6-4-5-7-18(17)24-19/h4-10,13H,11-12H2,1-3H3,(H,23,24). The first-order valence-electron chi connectivity index (χ1n) is 9.29. The summed E-state index contributed by atoms with van der Waals surface area (Å²) < 4.78 is 1.91. The average Bonchev–Trinajstić information content (AvgIpc) is 3.34. The van der Waals surface area contributed by atoms with Crippen molar-refractivity contribution >= 4 is 28.7 Å². The van der Waals surface area contributed by atoms with Gasteiger partial charge in [-0.2, -0.15) is 0 Å². The number of fused-ring (bicyclic) bond motifs is 1. The van der Waals surface area contributed by atoms with Crippen LogP contribution in [-0.2, 0) is 11.3 Å². The summed E-state index contributed by atoms with van der Waals surface area (Å²) in [5, 5.41) is 8.89. The van der Waals surface area contributed by atoms with Crippen LogP contribution in [0.15, 0.2) is 53.9 Å². The van der Waals surface area contributed by atoms with Crippen LogP contribution in [0.4, 0.5) is 0 Å². The van der Waals surface area contributed by atoms with Crippen LogP contribution < -0.4 is 0 Å². The Balaban J connectivity index is 1.40. The monoisotopic (exact) mass is 406 g/mol. The summed E-state index contributed by atoms with van der Waals surface area (Å²) in [5.74, 6) is 1.05. The van der Waals surface area contributed by atoms with Gasteiger partial charge in [-0.3, -0.25) is 9.36 Å². The molecule has 0 radical (unpaired) electrons. The summed E-state index contributed by atoms with van der Waals surface area (Å²) >= 11 is 1.38. The number of aromatic nitrogens is 5. The molecule has 0 fully saturated rings. The SMILES string of the molecule is Cc1ccc(-n2cnnc2SCC(=O)N(C)Cc2nc3ccccc3[nH]2)cc1C. The third kappa shape index (κ3) is 4.17. The van der Waals surface area contributed by atoms with Crippen molar-refractivity contribution in [2.24, 2.45) is 0 Å². The summed E-state index contributed by atoms with van der Waals surface area (Å²) in [7, 11) is 1.78. The van der Waals surface area contributed by atoms with Crippen LogP contribution in [0.3, 0.4) is 0 Å². The molecule has 148 valence electrons. The summed E-state index contributed by atoms with van der Waals surface area (Å²) in [4.78, 5) is 22.1. The van der Waals surface area contributed by atoms with Crippen molar-refractivity contribution in [2.75, 3.05) is 12.8 Å². The number of nitrogens with zero attached hydrogens (tertiary/aromatic N) is 5.